The van der Waals surface area contributed by atoms with E-state index in [1.807, 2.05) is 33.8 Å². The number of methoxy groups -OCH3 is 1. The molecule has 0 radical (unpaired) electrons. The molecule has 1 heterocycles. The van der Waals surface area contributed by atoms with Crippen LogP contribution >= 0.6 is 11.8 Å². The van der Waals surface area contributed by atoms with E-state index in [1.165, 1.54) is 7.11 Å². The highest BCUT2D eigenvalue weighted by Gasteiger charge is 2.37. The van der Waals surface area contributed by atoms with Gasteiger partial charge in [-0.15, -0.1) is 0 Å². The molecule has 0 aromatic heterocycles. The fourth-order valence-corrected chi connectivity index (χ4v) is 4.02. The molecule has 0 N–H and O–H groups in total. The quantitative estimate of drug-likeness (QED) is 0.582. The summed E-state index contributed by atoms with van der Waals surface area (Å²) in [7, 11) is 1.47. The van der Waals surface area contributed by atoms with Gasteiger partial charge in [0.2, 0.25) is 5.91 Å². The molecule has 160 valence electrons. The van der Waals surface area contributed by atoms with Crippen LogP contribution in [0.25, 0.3) is 6.08 Å². The summed E-state index contributed by atoms with van der Waals surface area (Å²) in [4.78, 5) is 40.6. The van der Waals surface area contributed by atoms with Gasteiger partial charge >= 0.3 is 0 Å². The molecule has 1 aromatic carbocycles. The normalized spacial score (nSPS) is 15.1. The Morgan fingerprint density at radius 3 is 2.47 bits per heavy atom. The Labute approximate surface area is 180 Å². The van der Waals surface area contributed by atoms with Gasteiger partial charge in [-0.1, -0.05) is 6.07 Å². The van der Waals surface area contributed by atoms with Gasteiger partial charge in [-0.05, 0) is 63.2 Å². The number of amides is 3. The molecule has 1 aliphatic heterocycles. The number of hydrogen-bond acceptors (Lipinski definition) is 7. The second-order valence-corrected chi connectivity index (χ2v) is 8.11. The van der Waals surface area contributed by atoms with E-state index >= 15 is 0 Å². The first-order valence-corrected chi connectivity index (χ1v) is 10.3. The molecule has 9 heteroatoms. The van der Waals surface area contributed by atoms with Crippen molar-refractivity contribution in [2.24, 2.45) is 0 Å². The minimum atomic E-state index is -0.505. The van der Waals surface area contributed by atoms with Crippen LogP contribution < -0.4 is 9.47 Å². The molecule has 2 rings (SSSR count). The van der Waals surface area contributed by atoms with Crippen molar-refractivity contribution in [1.82, 2.24) is 9.80 Å². The van der Waals surface area contributed by atoms with E-state index in [2.05, 4.69) is 0 Å². The van der Waals surface area contributed by atoms with Crippen LogP contribution in [-0.4, -0.2) is 59.2 Å². The molecule has 0 bridgehead atoms. The number of hydrogen-bond donors (Lipinski definition) is 0. The Bertz CT molecular complexity index is 896. The first-order valence-electron chi connectivity index (χ1n) is 9.43. The third kappa shape index (κ3) is 5.33. The van der Waals surface area contributed by atoms with Crippen molar-refractivity contribution in [2.75, 3.05) is 20.3 Å². The van der Waals surface area contributed by atoms with Gasteiger partial charge in [0.05, 0.1) is 12.0 Å². The van der Waals surface area contributed by atoms with E-state index in [9.17, 15) is 14.4 Å². The Kier molecular flexibility index (Phi) is 7.89. The second-order valence-electron chi connectivity index (χ2n) is 7.11. The minimum Gasteiger partial charge on any atom is -0.493 e. The maximum atomic E-state index is 12.7. The molecule has 1 fully saturated rings. The van der Waals surface area contributed by atoms with Gasteiger partial charge in [-0.25, -0.2) is 0 Å². The molecule has 0 unspecified atom stereocenters. The average molecular weight is 432 g/mol. The van der Waals surface area contributed by atoms with Crippen LogP contribution in [0.5, 0.6) is 11.5 Å². The standard InChI is InChI=1S/C21H25N3O5S/c1-13(2)24(14(3)4)19(25)12-23-20(26)18(30-21(23)27)11-15-6-7-16(29-9-8-22)17(10-15)28-5/h6-7,10-11,13-14H,9,12H2,1-5H3/b18-11-. The molecule has 1 aromatic rings. The third-order valence-electron chi connectivity index (χ3n) is 4.35. The predicted molar refractivity (Wildman–Crippen MR) is 114 cm³/mol. The average Bonchev–Trinajstić information content (AvgIpc) is 2.93. The predicted octanol–water partition coefficient (Wildman–Crippen LogP) is 3.28. The first kappa shape index (κ1) is 23.3. The molecule has 8 nitrogen and oxygen atoms in total. The maximum Gasteiger partial charge on any atom is 0.294 e. The molecular formula is C21H25N3O5S. The van der Waals surface area contributed by atoms with E-state index in [-0.39, 0.29) is 36.0 Å². The molecule has 0 aliphatic carbocycles. The van der Waals surface area contributed by atoms with Crippen LogP contribution in [0.15, 0.2) is 23.1 Å². The minimum absolute atomic E-state index is 0.0396. The van der Waals surface area contributed by atoms with E-state index in [0.29, 0.717) is 17.1 Å². The summed E-state index contributed by atoms with van der Waals surface area (Å²) in [5.74, 6) is 0.0223. The zero-order chi connectivity index (χ0) is 22.4. The van der Waals surface area contributed by atoms with E-state index in [0.717, 1.165) is 16.7 Å². The number of nitriles is 1. The number of carbonyl (C=O) groups excluding carboxylic acids is 3. The summed E-state index contributed by atoms with van der Waals surface area (Å²) in [5, 5.41) is 8.16. The lowest BCUT2D eigenvalue weighted by molar-refractivity contribution is -0.138. The van der Waals surface area contributed by atoms with Gasteiger partial charge in [-0.2, -0.15) is 5.26 Å². The van der Waals surface area contributed by atoms with Crippen molar-refractivity contribution >= 4 is 34.9 Å². The van der Waals surface area contributed by atoms with Crippen LogP contribution in [0, 0.1) is 11.3 Å². The molecule has 0 saturated carbocycles. The molecule has 1 saturated heterocycles. The number of nitrogens with zero attached hydrogens (tertiary/aromatic N) is 3. The summed E-state index contributed by atoms with van der Waals surface area (Å²) in [6.45, 7) is 7.16. The van der Waals surface area contributed by atoms with Crippen LogP contribution in [0.2, 0.25) is 0 Å². The largest absolute Gasteiger partial charge is 0.493 e. The van der Waals surface area contributed by atoms with Gasteiger partial charge < -0.3 is 14.4 Å². The van der Waals surface area contributed by atoms with Gasteiger partial charge in [0.25, 0.3) is 11.1 Å². The van der Waals surface area contributed by atoms with Crippen LogP contribution in [0.4, 0.5) is 4.79 Å². The molecular weight excluding hydrogens is 406 g/mol. The number of imide groups is 1. The zero-order valence-electron chi connectivity index (χ0n) is 17.7. The van der Waals surface area contributed by atoms with Crippen LogP contribution in [0.3, 0.4) is 0 Å². The Balaban J connectivity index is 2.20. The summed E-state index contributed by atoms with van der Waals surface area (Å²) in [5.41, 5.74) is 0.624. The number of thioether (sulfide) groups is 1. The molecule has 3 amide bonds. The van der Waals surface area contributed by atoms with Crippen LogP contribution in [0.1, 0.15) is 33.3 Å². The maximum absolute atomic E-state index is 12.7. The third-order valence-corrected chi connectivity index (χ3v) is 5.25. The first-order chi connectivity index (χ1) is 14.2. The summed E-state index contributed by atoms with van der Waals surface area (Å²) in [6.07, 6.45) is 1.56. The second kappa shape index (κ2) is 10.2. The Morgan fingerprint density at radius 1 is 1.23 bits per heavy atom. The van der Waals surface area contributed by atoms with Crippen molar-refractivity contribution in [3.63, 3.8) is 0 Å². The van der Waals surface area contributed by atoms with Gasteiger partial charge in [-0.3, -0.25) is 19.3 Å². The monoisotopic (exact) mass is 431 g/mol. The number of carbonyl (C=O) groups is 3. The van der Waals surface area contributed by atoms with Gasteiger partial charge in [0, 0.05) is 12.1 Å². The highest BCUT2D eigenvalue weighted by molar-refractivity contribution is 8.18. The SMILES string of the molecule is COc1cc(/C=C2\SC(=O)N(CC(=O)N(C(C)C)C(C)C)C2=O)ccc1OCC#N. The lowest BCUT2D eigenvalue weighted by Gasteiger charge is -2.31. The smallest absolute Gasteiger partial charge is 0.294 e. The highest BCUT2D eigenvalue weighted by Crippen LogP contribution is 2.34. The van der Waals surface area contributed by atoms with Gasteiger partial charge in [0.1, 0.15) is 12.6 Å². The molecule has 1 aliphatic rings. The Morgan fingerprint density at radius 2 is 1.90 bits per heavy atom. The lowest BCUT2D eigenvalue weighted by Crippen LogP contribution is -2.48. The van der Waals surface area contributed by atoms with E-state index in [1.54, 1.807) is 29.2 Å². The summed E-state index contributed by atoms with van der Waals surface area (Å²) in [6, 6.07) is 6.76. The number of benzene rings is 1. The molecule has 0 spiro atoms. The number of ether oxygens (including phenoxy) is 2. The number of rotatable bonds is 8. The van der Waals surface area contributed by atoms with Crippen LogP contribution in [-0.2, 0) is 9.59 Å². The van der Waals surface area contributed by atoms with Crippen molar-refractivity contribution in [2.45, 2.75) is 39.8 Å². The van der Waals surface area contributed by atoms with E-state index in [4.69, 9.17) is 14.7 Å². The highest BCUT2D eigenvalue weighted by atomic mass is 32.2. The van der Waals surface area contributed by atoms with Crippen molar-refractivity contribution < 1.29 is 23.9 Å². The fourth-order valence-electron chi connectivity index (χ4n) is 3.18. The van der Waals surface area contributed by atoms with E-state index < -0.39 is 11.1 Å². The summed E-state index contributed by atoms with van der Waals surface area (Å²) >= 11 is 0.791. The fraction of sp³-hybridized carbons (Fsp3) is 0.429. The lowest BCUT2D eigenvalue weighted by atomic mass is 10.2. The molecule has 0 atom stereocenters. The zero-order valence-corrected chi connectivity index (χ0v) is 18.5. The Hall–Kier alpha value is -2.99. The van der Waals surface area contributed by atoms with Crippen molar-refractivity contribution in [3.8, 4) is 17.6 Å². The van der Waals surface area contributed by atoms with Crippen molar-refractivity contribution in [3.05, 3.63) is 28.7 Å². The van der Waals surface area contributed by atoms with Gasteiger partial charge in [0.15, 0.2) is 18.1 Å². The topological polar surface area (TPSA) is 99.9 Å². The summed E-state index contributed by atoms with van der Waals surface area (Å²) < 4.78 is 10.5. The molecule has 30 heavy (non-hydrogen) atoms. The van der Waals surface area contributed by atoms with Crippen molar-refractivity contribution in [1.29, 1.82) is 5.26 Å².